The van der Waals surface area contributed by atoms with Crippen molar-refractivity contribution >= 4 is 15.9 Å². The van der Waals surface area contributed by atoms with Crippen LogP contribution in [0.3, 0.4) is 0 Å². The summed E-state index contributed by atoms with van der Waals surface area (Å²) in [5.41, 5.74) is -0.351. The van der Waals surface area contributed by atoms with Crippen molar-refractivity contribution in [1.29, 1.82) is 0 Å². The fraction of sp³-hybridized carbons (Fsp3) is 0.167. The smallest absolute Gasteiger partial charge is 0.386 e. The van der Waals surface area contributed by atoms with Crippen molar-refractivity contribution in [2.24, 2.45) is 7.05 Å². The van der Waals surface area contributed by atoms with Crippen LogP contribution in [-0.2, 0) is 7.05 Å². The van der Waals surface area contributed by atoms with Crippen molar-refractivity contribution in [3.8, 4) is 17.4 Å². The molecule has 0 saturated heterocycles. The Morgan fingerprint density at radius 3 is 2.64 bits per heavy atom. The normalized spacial score (nSPS) is 11.3. The van der Waals surface area contributed by atoms with Gasteiger partial charge >= 0.3 is 5.76 Å². The monoisotopic (exact) mass is 371 g/mol. The molecule has 0 saturated carbocycles. The van der Waals surface area contributed by atoms with Gasteiger partial charge in [-0.2, -0.15) is 9.78 Å². The summed E-state index contributed by atoms with van der Waals surface area (Å²) in [4.78, 5) is 15.3. The number of pyridine rings is 1. The second kappa shape index (κ2) is 5.44. The Hall–Kier alpha value is -2.36. The van der Waals surface area contributed by atoms with Crippen molar-refractivity contribution in [2.45, 2.75) is 6.43 Å². The van der Waals surface area contributed by atoms with Gasteiger partial charge in [0.15, 0.2) is 11.5 Å². The highest BCUT2D eigenvalue weighted by Gasteiger charge is 2.22. The zero-order valence-corrected chi connectivity index (χ0v) is 12.7. The fourth-order valence-corrected chi connectivity index (χ4v) is 2.02. The number of hydrogen-bond acceptors (Lipinski definition) is 5. The minimum atomic E-state index is -2.78. The average Bonchev–Trinajstić information content (AvgIpc) is 3.05. The number of aromatic nitrogens is 5. The molecule has 0 bridgehead atoms. The van der Waals surface area contributed by atoms with Crippen molar-refractivity contribution in [3.63, 3.8) is 0 Å². The highest BCUT2D eigenvalue weighted by Crippen LogP contribution is 2.26. The SMILES string of the molecule is Cn1nc(-c2cc(C(F)F)n(-c3ccc(Br)cn3)n2)oc1=O. The minimum absolute atomic E-state index is 0.0257. The van der Waals surface area contributed by atoms with Crippen LogP contribution in [0.25, 0.3) is 17.4 Å². The molecule has 0 radical (unpaired) electrons. The van der Waals surface area contributed by atoms with Gasteiger partial charge in [-0.3, -0.25) is 0 Å². The number of hydrogen-bond donors (Lipinski definition) is 0. The molecule has 3 rings (SSSR count). The van der Waals surface area contributed by atoms with Crippen LogP contribution >= 0.6 is 15.9 Å². The van der Waals surface area contributed by atoms with E-state index in [0.717, 1.165) is 15.4 Å². The lowest BCUT2D eigenvalue weighted by molar-refractivity contribution is 0.142. The maximum atomic E-state index is 13.2. The van der Waals surface area contributed by atoms with Crippen LogP contribution in [-0.4, -0.2) is 24.5 Å². The van der Waals surface area contributed by atoms with Crippen molar-refractivity contribution in [2.75, 3.05) is 0 Å². The quantitative estimate of drug-likeness (QED) is 0.705. The predicted molar refractivity (Wildman–Crippen MR) is 74.8 cm³/mol. The molecular weight excluding hydrogens is 364 g/mol. The Balaban J connectivity index is 2.13. The van der Waals surface area contributed by atoms with Crippen LogP contribution in [0.2, 0.25) is 0 Å². The Bertz CT molecular complexity index is 869. The Labute approximate surface area is 130 Å². The number of nitrogens with zero attached hydrogens (tertiary/aromatic N) is 5. The summed E-state index contributed by atoms with van der Waals surface area (Å²) in [6.07, 6.45) is -1.31. The minimum Gasteiger partial charge on any atom is -0.386 e. The Morgan fingerprint density at radius 1 is 1.32 bits per heavy atom. The first kappa shape index (κ1) is 14.6. The van der Waals surface area contributed by atoms with Crippen LogP contribution in [0.4, 0.5) is 8.78 Å². The van der Waals surface area contributed by atoms with Crippen molar-refractivity contribution in [1.82, 2.24) is 24.5 Å². The molecule has 3 aromatic heterocycles. The van der Waals surface area contributed by atoms with E-state index < -0.39 is 12.2 Å². The molecular formula is C12H8BrF2N5O2. The van der Waals surface area contributed by atoms with Crippen LogP contribution in [0.5, 0.6) is 0 Å². The predicted octanol–water partition coefficient (Wildman–Crippen LogP) is 2.32. The van der Waals surface area contributed by atoms with Gasteiger partial charge in [-0.25, -0.2) is 23.2 Å². The highest BCUT2D eigenvalue weighted by atomic mass is 79.9. The van der Waals surface area contributed by atoms with E-state index in [1.54, 1.807) is 6.07 Å². The zero-order valence-electron chi connectivity index (χ0n) is 11.1. The summed E-state index contributed by atoms with van der Waals surface area (Å²) in [5, 5.41) is 7.80. The topological polar surface area (TPSA) is 78.7 Å². The first-order valence-electron chi connectivity index (χ1n) is 6.00. The van der Waals surface area contributed by atoms with Crippen molar-refractivity contribution < 1.29 is 13.2 Å². The number of aryl methyl sites for hydroxylation is 1. The molecule has 3 heterocycles. The molecule has 22 heavy (non-hydrogen) atoms. The van der Waals surface area contributed by atoms with E-state index in [9.17, 15) is 13.6 Å². The highest BCUT2D eigenvalue weighted by molar-refractivity contribution is 9.10. The third-order valence-electron chi connectivity index (χ3n) is 2.80. The maximum Gasteiger partial charge on any atom is 0.437 e. The van der Waals surface area contributed by atoms with Gasteiger partial charge in [0.05, 0.1) is 0 Å². The van der Waals surface area contributed by atoms with Gasteiger partial charge in [-0.1, -0.05) is 0 Å². The van der Waals surface area contributed by atoms with E-state index in [1.165, 1.54) is 19.3 Å². The third kappa shape index (κ3) is 2.56. The average molecular weight is 372 g/mol. The van der Waals surface area contributed by atoms with Crippen LogP contribution in [0, 0.1) is 0 Å². The lowest BCUT2D eigenvalue weighted by Gasteiger charge is -2.05. The second-order valence-electron chi connectivity index (χ2n) is 4.30. The summed E-state index contributed by atoms with van der Waals surface area (Å²) in [6, 6.07) is 4.29. The molecule has 0 aliphatic carbocycles. The van der Waals surface area contributed by atoms with Gasteiger partial charge in [0.1, 0.15) is 5.69 Å². The zero-order chi connectivity index (χ0) is 15.9. The number of alkyl halides is 2. The first-order valence-corrected chi connectivity index (χ1v) is 6.79. The van der Waals surface area contributed by atoms with Gasteiger partial charge in [0, 0.05) is 17.7 Å². The van der Waals surface area contributed by atoms with E-state index in [4.69, 9.17) is 4.42 Å². The second-order valence-corrected chi connectivity index (χ2v) is 5.21. The molecule has 0 N–H and O–H groups in total. The Morgan fingerprint density at radius 2 is 2.09 bits per heavy atom. The molecule has 0 unspecified atom stereocenters. The molecule has 0 aromatic carbocycles. The van der Waals surface area contributed by atoms with E-state index >= 15 is 0 Å². The van der Waals surface area contributed by atoms with Gasteiger partial charge in [-0.05, 0) is 34.1 Å². The van der Waals surface area contributed by atoms with Gasteiger partial charge in [0.2, 0.25) is 0 Å². The molecule has 7 nitrogen and oxygen atoms in total. The van der Waals surface area contributed by atoms with Gasteiger partial charge < -0.3 is 4.42 Å². The molecule has 0 amide bonds. The third-order valence-corrected chi connectivity index (χ3v) is 3.27. The fourth-order valence-electron chi connectivity index (χ4n) is 1.78. The Kier molecular flexibility index (Phi) is 3.61. The summed E-state index contributed by atoms with van der Waals surface area (Å²) < 4.78 is 33.9. The molecule has 0 atom stereocenters. The van der Waals surface area contributed by atoms with E-state index in [1.807, 2.05) is 0 Å². The molecule has 0 spiro atoms. The summed E-state index contributed by atoms with van der Waals surface area (Å²) in [6.45, 7) is 0. The largest absolute Gasteiger partial charge is 0.437 e. The van der Waals surface area contributed by atoms with Crippen LogP contribution < -0.4 is 5.76 Å². The van der Waals surface area contributed by atoms with Gasteiger partial charge in [-0.15, -0.1) is 5.10 Å². The molecule has 3 aromatic rings. The molecule has 10 heteroatoms. The summed E-state index contributed by atoms with van der Waals surface area (Å²) in [7, 11) is 1.39. The number of halogens is 3. The van der Waals surface area contributed by atoms with Crippen LogP contribution in [0.1, 0.15) is 12.1 Å². The van der Waals surface area contributed by atoms with E-state index in [0.29, 0.717) is 4.47 Å². The van der Waals surface area contributed by atoms with Gasteiger partial charge in [0.25, 0.3) is 12.3 Å². The van der Waals surface area contributed by atoms with Crippen molar-refractivity contribution in [3.05, 3.63) is 45.1 Å². The molecule has 114 valence electrons. The first-order chi connectivity index (χ1) is 10.5. The summed E-state index contributed by atoms with van der Waals surface area (Å²) >= 11 is 3.22. The van der Waals surface area contributed by atoms with E-state index in [-0.39, 0.29) is 23.1 Å². The lowest BCUT2D eigenvalue weighted by atomic mass is 10.3. The number of rotatable bonds is 3. The van der Waals surface area contributed by atoms with E-state index in [2.05, 4.69) is 31.1 Å². The molecule has 0 aliphatic rings. The summed E-state index contributed by atoms with van der Waals surface area (Å²) in [5.74, 6) is -0.627. The molecule has 0 aliphatic heterocycles. The molecule has 0 fully saturated rings. The standard InChI is InChI=1S/C12H8BrF2N5O2/c1-19-12(21)22-11(18-19)7-4-8(10(14)15)20(17-7)9-3-2-6(13)5-16-9/h2-5,10H,1H3. The van der Waals surface area contributed by atoms with Crippen LogP contribution in [0.15, 0.2) is 38.1 Å². The maximum absolute atomic E-state index is 13.2. The lowest BCUT2D eigenvalue weighted by Crippen LogP contribution is -2.09.